The van der Waals surface area contributed by atoms with E-state index >= 15 is 0 Å². The first-order chi connectivity index (χ1) is 14.3. The molecule has 0 fully saturated rings. The highest BCUT2D eigenvalue weighted by atomic mass is 127. The number of hydrogen-bond acceptors (Lipinski definition) is 5. The summed E-state index contributed by atoms with van der Waals surface area (Å²) in [4.78, 5) is 20.1. The summed E-state index contributed by atoms with van der Waals surface area (Å²) in [5, 5.41) is 10.3. The largest absolute Gasteiger partial charge is 0.497 e. The first-order valence-electron chi connectivity index (χ1n) is 9.29. The number of hydrogen-bond donors (Lipinski definition) is 3. The van der Waals surface area contributed by atoms with E-state index in [1.165, 1.54) is 7.11 Å². The smallest absolute Gasteiger partial charge is 0.434 e. The molecule has 31 heavy (non-hydrogen) atoms. The van der Waals surface area contributed by atoms with E-state index in [1.54, 1.807) is 24.3 Å². The van der Waals surface area contributed by atoms with E-state index in [-0.39, 0.29) is 36.4 Å². The van der Waals surface area contributed by atoms with E-state index < -0.39 is 11.9 Å². The average molecular weight is 571 g/mol. The van der Waals surface area contributed by atoms with E-state index in [4.69, 9.17) is 4.74 Å². The van der Waals surface area contributed by atoms with Crippen molar-refractivity contribution in [3.05, 3.63) is 45.9 Å². The zero-order valence-electron chi connectivity index (χ0n) is 17.1. The van der Waals surface area contributed by atoms with Gasteiger partial charge in [-0.3, -0.25) is 9.79 Å². The lowest BCUT2D eigenvalue weighted by Gasteiger charge is -2.12. The number of halogens is 4. The van der Waals surface area contributed by atoms with Crippen molar-refractivity contribution in [2.75, 3.05) is 33.3 Å². The Bertz CT molecular complexity index is 861. The fourth-order valence-electron chi connectivity index (χ4n) is 2.38. The number of ether oxygens (including phenoxy) is 1. The van der Waals surface area contributed by atoms with Gasteiger partial charge < -0.3 is 20.7 Å². The van der Waals surface area contributed by atoms with Crippen molar-refractivity contribution >= 4 is 47.2 Å². The first kappa shape index (κ1) is 26.9. The molecule has 0 unspecified atom stereocenters. The van der Waals surface area contributed by atoms with Crippen LogP contribution >= 0.6 is 35.3 Å². The van der Waals surface area contributed by atoms with Crippen LogP contribution in [0, 0.1) is 0 Å². The zero-order valence-corrected chi connectivity index (χ0v) is 20.2. The van der Waals surface area contributed by atoms with Crippen molar-refractivity contribution in [3.8, 4) is 5.75 Å². The van der Waals surface area contributed by atoms with Gasteiger partial charge in [0.15, 0.2) is 11.7 Å². The summed E-state index contributed by atoms with van der Waals surface area (Å²) in [5.41, 5.74) is -0.375. The Hall–Kier alpha value is -2.09. The van der Waals surface area contributed by atoms with Gasteiger partial charge in [-0.05, 0) is 25.1 Å². The number of benzene rings is 1. The van der Waals surface area contributed by atoms with Gasteiger partial charge in [0, 0.05) is 43.5 Å². The second-order valence-electron chi connectivity index (χ2n) is 6.05. The quantitative estimate of drug-likeness (QED) is 0.186. The molecule has 2 rings (SSSR count). The normalized spacial score (nSPS) is 11.5. The van der Waals surface area contributed by atoms with E-state index in [0.717, 1.165) is 16.7 Å². The van der Waals surface area contributed by atoms with Gasteiger partial charge in [-0.1, -0.05) is 6.07 Å². The molecule has 0 saturated carbocycles. The summed E-state index contributed by atoms with van der Waals surface area (Å²) < 4.78 is 42.9. The number of carbonyl (C=O) groups is 1. The summed E-state index contributed by atoms with van der Waals surface area (Å²) >= 11 is 0.969. The molecule has 2 aromatic rings. The first-order valence-corrected chi connectivity index (χ1v) is 10.2. The minimum Gasteiger partial charge on any atom is -0.497 e. The van der Waals surface area contributed by atoms with E-state index in [1.807, 2.05) is 6.92 Å². The number of rotatable bonds is 9. The summed E-state index contributed by atoms with van der Waals surface area (Å²) in [7, 11) is 1.53. The van der Waals surface area contributed by atoms with Crippen molar-refractivity contribution in [3.63, 3.8) is 0 Å². The number of carbonyl (C=O) groups excluding carboxylic acids is 1. The monoisotopic (exact) mass is 571 g/mol. The number of methoxy groups -OCH3 is 1. The van der Waals surface area contributed by atoms with Gasteiger partial charge in [0.05, 0.1) is 12.1 Å². The molecule has 0 bridgehead atoms. The van der Waals surface area contributed by atoms with Crippen molar-refractivity contribution < 1.29 is 22.7 Å². The highest BCUT2D eigenvalue weighted by Crippen LogP contribution is 2.30. The van der Waals surface area contributed by atoms with Crippen LogP contribution in [0.3, 0.4) is 0 Å². The molecule has 0 aliphatic heterocycles. The summed E-state index contributed by atoms with van der Waals surface area (Å²) in [6.45, 7) is 3.60. The number of aromatic nitrogens is 1. The van der Waals surface area contributed by atoms with E-state index in [0.29, 0.717) is 48.3 Å². The Labute approximate surface area is 199 Å². The molecule has 1 aromatic carbocycles. The van der Waals surface area contributed by atoms with Crippen LogP contribution in [0.1, 0.15) is 28.0 Å². The minimum atomic E-state index is -4.43. The Morgan fingerprint density at radius 3 is 2.61 bits per heavy atom. The highest BCUT2D eigenvalue weighted by Gasteiger charge is 2.33. The third kappa shape index (κ3) is 9.29. The van der Waals surface area contributed by atoms with Crippen molar-refractivity contribution in [1.82, 2.24) is 20.9 Å². The molecule has 1 aromatic heterocycles. The Balaban J connectivity index is 0.00000480. The molecular weight excluding hydrogens is 546 g/mol. The number of nitrogens with one attached hydrogen (secondary N) is 3. The molecule has 0 spiro atoms. The van der Waals surface area contributed by atoms with Gasteiger partial charge in [-0.15, -0.1) is 35.3 Å². The van der Waals surface area contributed by atoms with Crippen LogP contribution in [-0.4, -0.2) is 50.1 Å². The van der Waals surface area contributed by atoms with E-state index in [2.05, 4.69) is 25.9 Å². The molecule has 7 nitrogen and oxygen atoms in total. The van der Waals surface area contributed by atoms with Crippen LogP contribution in [-0.2, 0) is 12.6 Å². The minimum absolute atomic E-state index is 0. The summed E-state index contributed by atoms with van der Waals surface area (Å²) in [6, 6.07) is 6.84. The van der Waals surface area contributed by atoms with Gasteiger partial charge in [0.25, 0.3) is 5.91 Å². The Morgan fingerprint density at radius 2 is 1.97 bits per heavy atom. The number of alkyl halides is 3. The molecule has 0 radical (unpaired) electrons. The third-order valence-electron chi connectivity index (χ3n) is 3.82. The molecule has 12 heteroatoms. The third-order valence-corrected chi connectivity index (χ3v) is 4.73. The van der Waals surface area contributed by atoms with Gasteiger partial charge >= 0.3 is 6.18 Å². The lowest BCUT2D eigenvalue weighted by molar-refractivity contribution is -0.140. The number of aliphatic imine (C=N–C) groups is 1. The maximum atomic E-state index is 12.6. The molecule has 0 atom stereocenters. The predicted molar refractivity (Wildman–Crippen MR) is 126 cm³/mol. The average Bonchev–Trinajstić information content (AvgIpc) is 3.20. The fourth-order valence-corrected chi connectivity index (χ4v) is 3.18. The Kier molecular flexibility index (Phi) is 11.6. The molecule has 3 N–H and O–H groups in total. The molecule has 0 saturated heterocycles. The zero-order chi connectivity index (χ0) is 22.0. The van der Waals surface area contributed by atoms with Crippen molar-refractivity contribution in [2.24, 2.45) is 4.99 Å². The van der Waals surface area contributed by atoms with Crippen LogP contribution in [0.15, 0.2) is 34.6 Å². The number of thiazole rings is 1. The van der Waals surface area contributed by atoms with Crippen molar-refractivity contribution in [2.45, 2.75) is 19.5 Å². The van der Waals surface area contributed by atoms with Gasteiger partial charge in [0.1, 0.15) is 5.75 Å². The van der Waals surface area contributed by atoms with Crippen LogP contribution in [0.2, 0.25) is 0 Å². The topological polar surface area (TPSA) is 87.6 Å². The van der Waals surface area contributed by atoms with Crippen LogP contribution in [0.4, 0.5) is 13.2 Å². The van der Waals surface area contributed by atoms with Gasteiger partial charge in [-0.2, -0.15) is 13.2 Å². The molecule has 172 valence electrons. The Morgan fingerprint density at radius 1 is 1.23 bits per heavy atom. The maximum absolute atomic E-state index is 12.6. The molecular formula is C19H25F3IN5O2S. The number of amides is 1. The fraction of sp³-hybridized carbons (Fsp3) is 0.421. The lowest BCUT2D eigenvalue weighted by Crippen LogP contribution is -2.41. The molecule has 1 amide bonds. The predicted octanol–water partition coefficient (Wildman–Crippen LogP) is 3.32. The molecule has 1 heterocycles. The van der Waals surface area contributed by atoms with Crippen LogP contribution in [0.5, 0.6) is 5.75 Å². The highest BCUT2D eigenvalue weighted by molar-refractivity contribution is 14.0. The second kappa shape index (κ2) is 13.3. The summed E-state index contributed by atoms with van der Waals surface area (Å²) in [5.74, 6) is 0.896. The number of nitrogens with zero attached hydrogens (tertiary/aromatic N) is 2. The van der Waals surface area contributed by atoms with Crippen molar-refractivity contribution in [1.29, 1.82) is 0 Å². The van der Waals surface area contributed by atoms with E-state index in [9.17, 15) is 18.0 Å². The van der Waals surface area contributed by atoms with Gasteiger partial charge in [-0.25, -0.2) is 4.98 Å². The summed E-state index contributed by atoms with van der Waals surface area (Å²) in [6.07, 6.45) is -4.12. The standard InChI is InChI=1S/C19H24F3N5O2S.HI/c1-3-23-18(25-8-7-16-27-15(12-30-16)19(20,21)22)26-10-9-24-17(28)13-5-4-6-14(11-13)29-2;/h4-6,11-12H,3,7-10H2,1-2H3,(H,24,28)(H2,23,25,26);1H. The van der Waals surface area contributed by atoms with Crippen LogP contribution < -0.4 is 20.7 Å². The number of guanidine groups is 1. The SMILES string of the molecule is CCNC(=NCCc1nc(C(F)(F)F)cs1)NCCNC(=O)c1cccc(OC)c1.I. The molecule has 0 aliphatic rings. The van der Waals surface area contributed by atoms with Gasteiger partial charge in [0.2, 0.25) is 0 Å². The lowest BCUT2D eigenvalue weighted by atomic mass is 10.2. The maximum Gasteiger partial charge on any atom is 0.434 e. The second-order valence-corrected chi connectivity index (χ2v) is 6.99. The molecule has 0 aliphatic carbocycles. The van der Waals surface area contributed by atoms with Crippen LogP contribution in [0.25, 0.3) is 0 Å².